The third-order valence-corrected chi connectivity index (χ3v) is 3.58. The Labute approximate surface area is 144 Å². The SMILES string of the molecule is COc1ccc(-n2nc(NC(=O)CCl)cc2-c2ccccc2)cn1. The molecule has 2 heterocycles. The number of nitrogens with one attached hydrogen (secondary N) is 1. The summed E-state index contributed by atoms with van der Waals surface area (Å²) in [7, 11) is 1.56. The smallest absolute Gasteiger partial charge is 0.240 e. The van der Waals surface area contributed by atoms with E-state index in [1.807, 2.05) is 36.4 Å². The Morgan fingerprint density at radius 3 is 2.67 bits per heavy atom. The van der Waals surface area contributed by atoms with Crippen LogP contribution in [0, 0.1) is 0 Å². The van der Waals surface area contributed by atoms with Crippen molar-refractivity contribution in [2.45, 2.75) is 0 Å². The minimum absolute atomic E-state index is 0.127. The number of nitrogens with zero attached hydrogens (tertiary/aromatic N) is 3. The number of carbonyl (C=O) groups excluding carboxylic acids is 1. The number of amides is 1. The summed E-state index contributed by atoms with van der Waals surface area (Å²) in [6.45, 7) is 0. The van der Waals surface area contributed by atoms with E-state index >= 15 is 0 Å². The Bertz CT molecular complexity index is 832. The highest BCUT2D eigenvalue weighted by molar-refractivity contribution is 6.29. The normalized spacial score (nSPS) is 10.4. The van der Waals surface area contributed by atoms with E-state index in [9.17, 15) is 4.79 Å². The van der Waals surface area contributed by atoms with Gasteiger partial charge in [-0.15, -0.1) is 16.7 Å². The van der Waals surface area contributed by atoms with Gasteiger partial charge in [0.15, 0.2) is 5.82 Å². The lowest BCUT2D eigenvalue weighted by atomic mass is 10.1. The summed E-state index contributed by atoms with van der Waals surface area (Å²) in [6.07, 6.45) is 1.66. The molecular formula is C17H15ClN4O2. The van der Waals surface area contributed by atoms with Gasteiger partial charge in [-0.05, 0) is 6.07 Å². The molecule has 0 aliphatic rings. The fourth-order valence-electron chi connectivity index (χ4n) is 2.25. The average molecular weight is 343 g/mol. The van der Waals surface area contributed by atoms with Crippen LogP contribution in [0.5, 0.6) is 5.88 Å². The molecule has 3 aromatic rings. The molecule has 1 amide bonds. The molecule has 122 valence electrons. The van der Waals surface area contributed by atoms with Gasteiger partial charge in [0.05, 0.1) is 24.7 Å². The number of hydrogen-bond donors (Lipinski definition) is 1. The number of aromatic nitrogens is 3. The van der Waals surface area contributed by atoms with Crippen LogP contribution in [0.25, 0.3) is 16.9 Å². The third kappa shape index (κ3) is 3.38. The zero-order valence-corrected chi connectivity index (χ0v) is 13.7. The highest BCUT2D eigenvalue weighted by Gasteiger charge is 2.13. The van der Waals surface area contributed by atoms with Gasteiger partial charge in [-0.2, -0.15) is 0 Å². The summed E-state index contributed by atoms with van der Waals surface area (Å²) in [5.74, 6) is 0.504. The van der Waals surface area contributed by atoms with Gasteiger partial charge < -0.3 is 10.1 Å². The summed E-state index contributed by atoms with van der Waals surface area (Å²) in [6, 6.07) is 15.2. The van der Waals surface area contributed by atoms with E-state index in [0.717, 1.165) is 16.9 Å². The molecule has 0 atom stereocenters. The Kier molecular flexibility index (Phi) is 4.77. The van der Waals surface area contributed by atoms with Crippen LogP contribution in [0.3, 0.4) is 0 Å². The van der Waals surface area contributed by atoms with Gasteiger partial charge in [0.1, 0.15) is 5.88 Å². The van der Waals surface area contributed by atoms with Crippen LogP contribution in [0.4, 0.5) is 5.82 Å². The first-order valence-electron chi connectivity index (χ1n) is 7.23. The number of rotatable bonds is 5. The maximum atomic E-state index is 11.5. The van der Waals surface area contributed by atoms with Crippen molar-refractivity contribution in [2.75, 3.05) is 18.3 Å². The molecule has 6 nitrogen and oxygen atoms in total. The van der Waals surface area contributed by atoms with Crippen molar-refractivity contribution in [1.29, 1.82) is 0 Å². The molecule has 3 rings (SSSR count). The van der Waals surface area contributed by atoms with Crippen molar-refractivity contribution in [1.82, 2.24) is 14.8 Å². The largest absolute Gasteiger partial charge is 0.481 e. The monoisotopic (exact) mass is 342 g/mol. The summed E-state index contributed by atoms with van der Waals surface area (Å²) >= 11 is 5.55. The summed E-state index contributed by atoms with van der Waals surface area (Å²) in [4.78, 5) is 15.7. The lowest BCUT2D eigenvalue weighted by Crippen LogP contribution is -2.13. The zero-order chi connectivity index (χ0) is 16.9. The van der Waals surface area contributed by atoms with Crippen LogP contribution in [-0.2, 0) is 4.79 Å². The quantitative estimate of drug-likeness (QED) is 0.723. The van der Waals surface area contributed by atoms with Crippen LogP contribution in [-0.4, -0.2) is 33.7 Å². The van der Waals surface area contributed by atoms with Crippen LogP contribution in [0.1, 0.15) is 0 Å². The van der Waals surface area contributed by atoms with Gasteiger partial charge in [-0.25, -0.2) is 9.67 Å². The number of anilines is 1. The molecule has 7 heteroatoms. The fraction of sp³-hybridized carbons (Fsp3) is 0.118. The highest BCUT2D eigenvalue weighted by atomic mass is 35.5. The Balaban J connectivity index is 2.06. The number of ether oxygens (including phenoxy) is 1. The molecule has 0 saturated heterocycles. The molecule has 24 heavy (non-hydrogen) atoms. The Hall–Kier alpha value is -2.86. The zero-order valence-electron chi connectivity index (χ0n) is 12.9. The maximum absolute atomic E-state index is 11.5. The van der Waals surface area contributed by atoms with E-state index in [2.05, 4.69) is 15.4 Å². The van der Waals surface area contributed by atoms with Crippen molar-refractivity contribution in [2.24, 2.45) is 0 Å². The second kappa shape index (κ2) is 7.14. The van der Waals surface area contributed by atoms with E-state index in [-0.39, 0.29) is 11.8 Å². The Morgan fingerprint density at radius 2 is 2.04 bits per heavy atom. The molecule has 0 fully saturated rings. The molecule has 1 aromatic carbocycles. The summed E-state index contributed by atoms with van der Waals surface area (Å²) < 4.78 is 6.79. The van der Waals surface area contributed by atoms with Crippen molar-refractivity contribution in [3.05, 3.63) is 54.7 Å². The van der Waals surface area contributed by atoms with E-state index in [4.69, 9.17) is 16.3 Å². The van der Waals surface area contributed by atoms with Gasteiger partial charge >= 0.3 is 0 Å². The lowest BCUT2D eigenvalue weighted by molar-refractivity contribution is -0.113. The molecule has 0 unspecified atom stereocenters. The second-order valence-electron chi connectivity index (χ2n) is 4.93. The molecule has 0 bridgehead atoms. The Morgan fingerprint density at radius 1 is 1.25 bits per heavy atom. The van der Waals surface area contributed by atoms with E-state index in [1.54, 1.807) is 30.1 Å². The highest BCUT2D eigenvalue weighted by Crippen LogP contribution is 2.26. The predicted octanol–water partition coefficient (Wildman–Crippen LogP) is 3.12. The minimum atomic E-state index is -0.311. The molecule has 0 aliphatic carbocycles. The summed E-state index contributed by atoms with van der Waals surface area (Å²) in [5, 5.41) is 7.11. The van der Waals surface area contributed by atoms with Crippen molar-refractivity contribution in [3.63, 3.8) is 0 Å². The van der Waals surface area contributed by atoms with E-state index in [1.165, 1.54) is 0 Å². The third-order valence-electron chi connectivity index (χ3n) is 3.34. The standard InChI is InChI=1S/C17H15ClN4O2/c1-24-17-8-7-13(11-19-17)22-14(12-5-3-2-4-6-12)9-15(21-22)20-16(23)10-18/h2-9,11H,10H2,1H3,(H,20,21,23). The predicted molar refractivity (Wildman–Crippen MR) is 92.7 cm³/mol. The van der Waals surface area contributed by atoms with Gasteiger partial charge in [0.25, 0.3) is 0 Å². The molecule has 0 aliphatic heterocycles. The molecule has 0 spiro atoms. The molecular weight excluding hydrogens is 328 g/mol. The molecule has 2 aromatic heterocycles. The average Bonchev–Trinajstić information content (AvgIpc) is 3.06. The van der Waals surface area contributed by atoms with Crippen molar-refractivity contribution in [3.8, 4) is 22.8 Å². The number of alkyl halides is 1. The number of pyridine rings is 1. The number of halogens is 1. The van der Waals surface area contributed by atoms with Crippen LogP contribution in [0.15, 0.2) is 54.7 Å². The first-order chi connectivity index (χ1) is 11.7. The lowest BCUT2D eigenvalue weighted by Gasteiger charge is -2.07. The maximum Gasteiger partial charge on any atom is 0.240 e. The summed E-state index contributed by atoms with van der Waals surface area (Å²) in [5.41, 5.74) is 2.54. The van der Waals surface area contributed by atoms with Gasteiger partial charge in [0.2, 0.25) is 11.8 Å². The van der Waals surface area contributed by atoms with Gasteiger partial charge in [0, 0.05) is 17.7 Å². The first kappa shape index (κ1) is 16.0. The van der Waals surface area contributed by atoms with Crippen LogP contribution < -0.4 is 10.1 Å². The fourth-order valence-corrected chi connectivity index (χ4v) is 2.32. The second-order valence-corrected chi connectivity index (χ2v) is 5.20. The minimum Gasteiger partial charge on any atom is -0.481 e. The van der Waals surface area contributed by atoms with E-state index < -0.39 is 0 Å². The van der Waals surface area contributed by atoms with Crippen molar-refractivity contribution >= 4 is 23.3 Å². The first-order valence-corrected chi connectivity index (χ1v) is 7.76. The van der Waals surface area contributed by atoms with E-state index in [0.29, 0.717) is 11.7 Å². The topological polar surface area (TPSA) is 69.0 Å². The number of carbonyl (C=O) groups is 1. The number of methoxy groups -OCH3 is 1. The number of hydrogen-bond acceptors (Lipinski definition) is 4. The molecule has 1 N–H and O–H groups in total. The number of benzene rings is 1. The van der Waals surface area contributed by atoms with Gasteiger partial charge in [-0.1, -0.05) is 30.3 Å². The molecule has 0 saturated carbocycles. The van der Waals surface area contributed by atoms with Crippen molar-refractivity contribution < 1.29 is 9.53 Å². The van der Waals surface area contributed by atoms with Crippen LogP contribution >= 0.6 is 11.6 Å². The van der Waals surface area contributed by atoms with Gasteiger partial charge in [-0.3, -0.25) is 4.79 Å². The molecule has 0 radical (unpaired) electrons. The van der Waals surface area contributed by atoms with Crippen LogP contribution in [0.2, 0.25) is 0 Å².